The number of carbonyl (C=O) groups is 1. The summed E-state index contributed by atoms with van der Waals surface area (Å²) in [4.78, 5) is 47.8. The molecule has 0 aliphatic heterocycles. The molecule has 0 spiro atoms. The summed E-state index contributed by atoms with van der Waals surface area (Å²) in [6.45, 7) is 3.89. The van der Waals surface area contributed by atoms with Gasteiger partial charge in [0.2, 0.25) is 0 Å². The van der Waals surface area contributed by atoms with Gasteiger partial charge in [-0.3, -0.25) is 19.1 Å². The van der Waals surface area contributed by atoms with E-state index in [1.54, 1.807) is 6.92 Å². The molecule has 4 aromatic rings. The fraction of sp³-hybridized carbons (Fsp3) is 0.211. The van der Waals surface area contributed by atoms with Crippen molar-refractivity contribution in [2.75, 3.05) is 0 Å². The lowest BCUT2D eigenvalue weighted by Crippen LogP contribution is -2.32. The van der Waals surface area contributed by atoms with Crippen molar-refractivity contribution in [3.05, 3.63) is 73.9 Å². The van der Waals surface area contributed by atoms with Gasteiger partial charge in [0, 0.05) is 25.1 Å². The van der Waals surface area contributed by atoms with Crippen LogP contribution >= 0.6 is 0 Å². The molecule has 0 fully saturated rings. The minimum absolute atomic E-state index is 0.0795. The van der Waals surface area contributed by atoms with Crippen LogP contribution in [0.25, 0.3) is 16.7 Å². The number of nitrogens with zero attached hydrogens (tertiary/aromatic N) is 4. The van der Waals surface area contributed by atoms with Gasteiger partial charge in [-0.25, -0.2) is 14.8 Å². The highest BCUT2D eigenvalue weighted by atomic mass is 16.2. The molecule has 142 valence electrons. The first kappa shape index (κ1) is 17.7. The zero-order valence-electron chi connectivity index (χ0n) is 15.6. The van der Waals surface area contributed by atoms with Crippen molar-refractivity contribution in [1.82, 2.24) is 29.2 Å². The van der Waals surface area contributed by atoms with Crippen LogP contribution in [0.1, 0.15) is 27.3 Å². The van der Waals surface area contributed by atoms with E-state index in [4.69, 9.17) is 0 Å². The standard InChI is InChI=1S/C19H18N6O3/c1-10-4-5-14-22-12(9-25(14)8-10)7-20-17(26)13-6-11(2)21-16-15(13)18(27)23-19(28)24(16)3/h4-6,8-9H,7H2,1-3H3,(H,20,26)(H,23,27,28). The van der Waals surface area contributed by atoms with Crippen molar-refractivity contribution in [2.45, 2.75) is 20.4 Å². The molecule has 0 saturated heterocycles. The highest BCUT2D eigenvalue weighted by Crippen LogP contribution is 2.14. The first-order chi connectivity index (χ1) is 13.3. The number of fused-ring (bicyclic) bond motifs is 2. The number of aromatic nitrogens is 5. The minimum Gasteiger partial charge on any atom is -0.346 e. The van der Waals surface area contributed by atoms with Gasteiger partial charge in [-0.2, -0.15) is 0 Å². The van der Waals surface area contributed by atoms with E-state index in [1.807, 2.05) is 35.9 Å². The molecule has 0 bridgehead atoms. The van der Waals surface area contributed by atoms with Gasteiger partial charge < -0.3 is 9.72 Å². The Balaban J connectivity index is 1.69. The van der Waals surface area contributed by atoms with E-state index >= 15 is 0 Å². The van der Waals surface area contributed by atoms with Gasteiger partial charge in [-0.05, 0) is 31.5 Å². The number of carbonyl (C=O) groups excluding carboxylic acids is 1. The van der Waals surface area contributed by atoms with Crippen LogP contribution in [-0.2, 0) is 13.6 Å². The average molecular weight is 378 g/mol. The van der Waals surface area contributed by atoms with Crippen LogP contribution in [0.15, 0.2) is 40.2 Å². The van der Waals surface area contributed by atoms with E-state index in [9.17, 15) is 14.4 Å². The second kappa shape index (κ2) is 6.45. The number of H-pyrrole nitrogens is 1. The number of hydrogen-bond donors (Lipinski definition) is 2. The molecule has 28 heavy (non-hydrogen) atoms. The molecular weight excluding hydrogens is 360 g/mol. The maximum atomic E-state index is 12.8. The van der Waals surface area contributed by atoms with Gasteiger partial charge in [-0.15, -0.1) is 0 Å². The van der Waals surface area contributed by atoms with Crippen molar-refractivity contribution in [2.24, 2.45) is 7.05 Å². The maximum absolute atomic E-state index is 12.8. The van der Waals surface area contributed by atoms with Gasteiger partial charge in [0.05, 0.1) is 23.2 Å². The number of imidazole rings is 1. The molecule has 0 saturated carbocycles. The third-order valence-electron chi connectivity index (χ3n) is 4.52. The van der Waals surface area contributed by atoms with Crippen molar-refractivity contribution >= 4 is 22.6 Å². The Kier molecular flexibility index (Phi) is 4.07. The van der Waals surface area contributed by atoms with Gasteiger partial charge in [0.1, 0.15) is 11.3 Å². The molecule has 4 heterocycles. The van der Waals surface area contributed by atoms with Crippen LogP contribution in [-0.4, -0.2) is 29.8 Å². The normalized spacial score (nSPS) is 11.2. The van der Waals surface area contributed by atoms with Crippen LogP contribution in [0, 0.1) is 13.8 Å². The molecule has 0 aromatic carbocycles. The first-order valence-corrected chi connectivity index (χ1v) is 8.66. The van der Waals surface area contributed by atoms with E-state index in [2.05, 4.69) is 20.3 Å². The number of amides is 1. The van der Waals surface area contributed by atoms with Crippen molar-refractivity contribution < 1.29 is 4.79 Å². The molecule has 9 nitrogen and oxygen atoms in total. The summed E-state index contributed by atoms with van der Waals surface area (Å²) < 4.78 is 3.11. The second-order valence-electron chi connectivity index (χ2n) is 6.71. The van der Waals surface area contributed by atoms with Crippen LogP contribution in [0.5, 0.6) is 0 Å². The van der Waals surface area contributed by atoms with Crippen molar-refractivity contribution in [3.8, 4) is 0 Å². The Morgan fingerprint density at radius 2 is 1.96 bits per heavy atom. The summed E-state index contributed by atoms with van der Waals surface area (Å²) in [5.41, 5.74) is 2.22. The fourth-order valence-electron chi connectivity index (χ4n) is 3.15. The number of hydrogen-bond acceptors (Lipinski definition) is 5. The molecule has 0 aliphatic rings. The summed E-state index contributed by atoms with van der Waals surface area (Å²) in [5, 5.41) is 2.87. The summed E-state index contributed by atoms with van der Waals surface area (Å²) in [6.07, 6.45) is 3.79. The van der Waals surface area contributed by atoms with Crippen LogP contribution < -0.4 is 16.6 Å². The number of aryl methyl sites for hydroxylation is 3. The minimum atomic E-state index is -0.640. The number of rotatable bonds is 3. The molecule has 1 amide bonds. The van der Waals surface area contributed by atoms with E-state index < -0.39 is 17.2 Å². The Hall–Kier alpha value is -3.75. The Labute approximate surface area is 158 Å². The SMILES string of the molecule is Cc1ccc2nc(CNC(=O)c3cc(C)nc4c3c(=O)[nH]c(=O)n4C)cn2c1. The quantitative estimate of drug-likeness (QED) is 0.548. The predicted octanol–water partition coefficient (Wildman–Crippen LogP) is 0.816. The fourth-order valence-corrected chi connectivity index (χ4v) is 3.15. The molecule has 9 heteroatoms. The summed E-state index contributed by atoms with van der Waals surface area (Å²) in [6, 6.07) is 5.40. The summed E-state index contributed by atoms with van der Waals surface area (Å²) >= 11 is 0. The van der Waals surface area contributed by atoms with E-state index in [-0.39, 0.29) is 23.1 Å². The van der Waals surface area contributed by atoms with Crippen molar-refractivity contribution in [1.29, 1.82) is 0 Å². The highest BCUT2D eigenvalue weighted by Gasteiger charge is 2.17. The third-order valence-corrected chi connectivity index (χ3v) is 4.52. The largest absolute Gasteiger partial charge is 0.346 e. The maximum Gasteiger partial charge on any atom is 0.329 e. The molecule has 2 N–H and O–H groups in total. The average Bonchev–Trinajstić information content (AvgIpc) is 3.05. The number of pyridine rings is 2. The molecule has 4 aromatic heterocycles. The summed E-state index contributed by atoms with van der Waals surface area (Å²) in [7, 11) is 1.49. The highest BCUT2D eigenvalue weighted by molar-refractivity contribution is 6.05. The number of nitrogens with one attached hydrogen (secondary N) is 2. The van der Waals surface area contributed by atoms with E-state index in [0.717, 1.165) is 11.2 Å². The zero-order valence-corrected chi connectivity index (χ0v) is 15.6. The van der Waals surface area contributed by atoms with Gasteiger partial charge in [-0.1, -0.05) is 6.07 Å². The monoisotopic (exact) mass is 378 g/mol. The topological polar surface area (TPSA) is 114 Å². The van der Waals surface area contributed by atoms with Crippen LogP contribution in [0.4, 0.5) is 0 Å². The number of aromatic amines is 1. The Bertz CT molecular complexity index is 1360. The first-order valence-electron chi connectivity index (χ1n) is 8.66. The van der Waals surface area contributed by atoms with Crippen LogP contribution in [0.3, 0.4) is 0 Å². The second-order valence-corrected chi connectivity index (χ2v) is 6.71. The Morgan fingerprint density at radius 3 is 2.75 bits per heavy atom. The lowest BCUT2D eigenvalue weighted by molar-refractivity contribution is 0.0952. The smallest absolute Gasteiger partial charge is 0.329 e. The molecule has 0 aliphatic carbocycles. The van der Waals surface area contributed by atoms with Gasteiger partial charge in [0.25, 0.3) is 11.5 Å². The molecule has 0 atom stereocenters. The molecular formula is C19H18N6O3. The van der Waals surface area contributed by atoms with Gasteiger partial charge in [0.15, 0.2) is 0 Å². The molecule has 0 radical (unpaired) electrons. The lowest BCUT2D eigenvalue weighted by Gasteiger charge is -2.09. The van der Waals surface area contributed by atoms with Crippen molar-refractivity contribution in [3.63, 3.8) is 0 Å². The van der Waals surface area contributed by atoms with Crippen LogP contribution in [0.2, 0.25) is 0 Å². The molecule has 4 rings (SSSR count). The third kappa shape index (κ3) is 2.96. The molecule has 0 unspecified atom stereocenters. The van der Waals surface area contributed by atoms with E-state index in [0.29, 0.717) is 11.4 Å². The zero-order chi connectivity index (χ0) is 20.0. The predicted molar refractivity (Wildman–Crippen MR) is 103 cm³/mol. The Morgan fingerprint density at radius 1 is 1.18 bits per heavy atom. The lowest BCUT2D eigenvalue weighted by atomic mass is 10.1. The summed E-state index contributed by atoms with van der Waals surface area (Å²) in [5.74, 6) is -0.437. The van der Waals surface area contributed by atoms with Gasteiger partial charge >= 0.3 is 5.69 Å². The van der Waals surface area contributed by atoms with E-state index in [1.165, 1.54) is 17.7 Å².